The number of carbonyl (C=O) groups excluding carboxylic acids is 1. The SMILES string of the molecule is CCCCOCCC[C@@H](CC(=O)OC(C)(C)C)/C(C#CC1CC(CC(C)(C)C)C1)=N/OC. The number of nitrogens with zero attached hydrogens (tertiary/aromatic N) is 1. The Balaban J connectivity index is 2.76. The Morgan fingerprint density at radius 2 is 1.75 bits per heavy atom. The predicted octanol–water partition coefficient (Wildman–Crippen LogP) is 6.40. The summed E-state index contributed by atoms with van der Waals surface area (Å²) in [6.07, 6.45) is 7.58. The fourth-order valence-electron chi connectivity index (χ4n) is 4.06. The molecule has 5 heteroatoms. The maximum atomic E-state index is 12.5. The van der Waals surface area contributed by atoms with E-state index >= 15 is 0 Å². The Kier molecular flexibility index (Phi) is 12.4. The minimum absolute atomic E-state index is 0.127. The minimum Gasteiger partial charge on any atom is -0.460 e. The van der Waals surface area contributed by atoms with E-state index in [-0.39, 0.29) is 18.3 Å². The van der Waals surface area contributed by atoms with Gasteiger partial charge in [0.2, 0.25) is 0 Å². The summed E-state index contributed by atoms with van der Waals surface area (Å²) < 4.78 is 11.3. The van der Waals surface area contributed by atoms with Crippen molar-refractivity contribution in [2.45, 2.75) is 105 Å². The molecule has 0 radical (unpaired) electrons. The van der Waals surface area contributed by atoms with Crippen molar-refractivity contribution in [3.63, 3.8) is 0 Å². The highest BCUT2D eigenvalue weighted by Gasteiger charge is 2.31. The molecule has 0 unspecified atom stereocenters. The third kappa shape index (κ3) is 13.1. The molecule has 0 heterocycles. The van der Waals surface area contributed by atoms with E-state index in [1.54, 1.807) is 0 Å². The molecule has 0 bridgehead atoms. The molecular formula is C27H47NO4. The highest BCUT2D eigenvalue weighted by Crippen LogP contribution is 2.40. The van der Waals surface area contributed by atoms with E-state index in [0.29, 0.717) is 23.7 Å². The molecule has 0 aromatic carbocycles. The van der Waals surface area contributed by atoms with Gasteiger partial charge in [-0.2, -0.15) is 0 Å². The molecule has 0 aliphatic heterocycles. The topological polar surface area (TPSA) is 57.1 Å². The Morgan fingerprint density at radius 3 is 2.31 bits per heavy atom. The van der Waals surface area contributed by atoms with Crippen LogP contribution in [-0.4, -0.2) is 37.6 Å². The lowest BCUT2D eigenvalue weighted by atomic mass is 9.68. The molecule has 0 N–H and O–H groups in total. The summed E-state index contributed by atoms with van der Waals surface area (Å²) in [7, 11) is 1.53. The molecule has 1 aliphatic rings. The number of hydrogen-bond acceptors (Lipinski definition) is 5. The molecule has 32 heavy (non-hydrogen) atoms. The van der Waals surface area contributed by atoms with Gasteiger partial charge >= 0.3 is 5.97 Å². The van der Waals surface area contributed by atoms with E-state index in [2.05, 4.69) is 44.7 Å². The van der Waals surface area contributed by atoms with Crippen molar-refractivity contribution in [1.29, 1.82) is 0 Å². The quantitative estimate of drug-likeness (QED) is 0.114. The number of rotatable bonds is 12. The zero-order valence-electron chi connectivity index (χ0n) is 21.9. The average molecular weight is 450 g/mol. The van der Waals surface area contributed by atoms with Crippen LogP contribution < -0.4 is 0 Å². The summed E-state index contributed by atoms with van der Waals surface area (Å²) in [6, 6.07) is 0. The van der Waals surface area contributed by atoms with Crippen LogP contribution >= 0.6 is 0 Å². The van der Waals surface area contributed by atoms with Gasteiger partial charge in [-0.1, -0.05) is 45.2 Å². The Morgan fingerprint density at radius 1 is 1.09 bits per heavy atom. The van der Waals surface area contributed by atoms with Gasteiger partial charge in [-0.15, -0.1) is 0 Å². The second-order valence-electron chi connectivity index (χ2n) is 11.3. The summed E-state index contributed by atoms with van der Waals surface area (Å²) in [5.41, 5.74) is 0.498. The van der Waals surface area contributed by atoms with Crippen LogP contribution in [0.2, 0.25) is 0 Å². The first-order valence-corrected chi connectivity index (χ1v) is 12.4. The molecule has 0 amide bonds. The van der Waals surface area contributed by atoms with Crippen molar-refractivity contribution in [1.82, 2.24) is 0 Å². The molecule has 0 spiro atoms. The zero-order chi connectivity index (χ0) is 24.2. The van der Waals surface area contributed by atoms with E-state index in [1.165, 1.54) is 13.5 Å². The van der Waals surface area contributed by atoms with Gasteiger partial charge in [0.25, 0.3) is 0 Å². The number of ether oxygens (including phenoxy) is 2. The largest absolute Gasteiger partial charge is 0.460 e. The normalized spacial score (nSPS) is 20.1. The fourth-order valence-corrected chi connectivity index (χ4v) is 4.06. The van der Waals surface area contributed by atoms with Gasteiger partial charge in [0.05, 0.1) is 6.42 Å². The highest BCUT2D eigenvalue weighted by atomic mass is 16.6. The average Bonchev–Trinajstić information content (AvgIpc) is 2.61. The molecule has 0 aromatic rings. The summed E-state index contributed by atoms with van der Waals surface area (Å²) in [5.74, 6) is 7.47. The van der Waals surface area contributed by atoms with Gasteiger partial charge in [-0.25, -0.2) is 0 Å². The van der Waals surface area contributed by atoms with Crippen LogP contribution in [0.4, 0.5) is 0 Å². The van der Waals surface area contributed by atoms with E-state index in [0.717, 1.165) is 51.0 Å². The van der Waals surface area contributed by atoms with E-state index in [1.807, 2.05) is 20.8 Å². The molecule has 1 fully saturated rings. The number of esters is 1. The summed E-state index contributed by atoms with van der Waals surface area (Å²) in [4.78, 5) is 17.6. The molecule has 0 saturated heterocycles. The summed E-state index contributed by atoms with van der Waals surface area (Å²) >= 11 is 0. The number of hydrogen-bond donors (Lipinski definition) is 0. The molecule has 1 aliphatic carbocycles. The monoisotopic (exact) mass is 449 g/mol. The summed E-state index contributed by atoms with van der Waals surface area (Å²) in [6.45, 7) is 16.1. The van der Waals surface area contributed by atoms with Gasteiger partial charge in [0.15, 0.2) is 0 Å². The highest BCUT2D eigenvalue weighted by molar-refractivity contribution is 6.03. The molecule has 1 saturated carbocycles. The van der Waals surface area contributed by atoms with Gasteiger partial charge in [-0.3, -0.25) is 4.79 Å². The maximum Gasteiger partial charge on any atom is 0.307 e. The molecule has 1 atom stereocenters. The third-order valence-corrected chi connectivity index (χ3v) is 5.43. The van der Waals surface area contributed by atoms with Crippen LogP contribution in [0.1, 0.15) is 99.8 Å². The van der Waals surface area contributed by atoms with Crippen LogP contribution in [0.3, 0.4) is 0 Å². The maximum absolute atomic E-state index is 12.5. The molecule has 0 aromatic heterocycles. The second-order valence-corrected chi connectivity index (χ2v) is 11.3. The van der Waals surface area contributed by atoms with Crippen molar-refractivity contribution in [2.24, 2.45) is 28.3 Å². The van der Waals surface area contributed by atoms with Crippen LogP contribution in [0.5, 0.6) is 0 Å². The van der Waals surface area contributed by atoms with Gasteiger partial charge in [-0.05, 0) is 76.5 Å². The lowest BCUT2D eigenvalue weighted by Crippen LogP contribution is -2.28. The zero-order valence-corrected chi connectivity index (χ0v) is 21.9. The molecule has 1 rings (SSSR count). The fraction of sp³-hybridized carbons (Fsp3) is 0.852. The number of unbranched alkanes of at least 4 members (excludes halogenated alkanes) is 1. The van der Waals surface area contributed by atoms with Crippen LogP contribution in [0.15, 0.2) is 5.16 Å². The van der Waals surface area contributed by atoms with E-state index in [9.17, 15) is 4.79 Å². The molecule has 5 nitrogen and oxygen atoms in total. The second kappa shape index (κ2) is 13.9. The predicted molar refractivity (Wildman–Crippen MR) is 131 cm³/mol. The number of carbonyl (C=O) groups is 1. The van der Waals surface area contributed by atoms with Gasteiger partial charge < -0.3 is 14.3 Å². The standard InChI is InChI=1S/C27H47NO4/c1-9-10-15-31-16-11-12-23(19-25(29)32-27(5,6)7)24(28-30-8)14-13-21-17-22(18-21)20-26(2,3)4/h21-23H,9-12,15-20H2,1-8H3/b28-24+/t21?,22?,23-/m0/s1. The Bertz CT molecular complexity index is 639. The summed E-state index contributed by atoms with van der Waals surface area (Å²) in [5, 5.41) is 4.21. The van der Waals surface area contributed by atoms with Crippen molar-refractivity contribution in [2.75, 3.05) is 20.3 Å². The Hall–Kier alpha value is -1.54. The first kappa shape index (κ1) is 28.5. The first-order chi connectivity index (χ1) is 14.9. The van der Waals surface area contributed by atoms with Crippen molar-refractivity contribution < 1.29 is 19.1 Å². The van der Waals surface area contributed by atoms with Crippen molar-refractivity contribution >= 4 is 11.7 Å². The molecular weight excluding hydrogens is 402 g/mol. The van der Waals surface area contributed by atoms with Crippen LogP contribution in [-0.2, 0) is 19.1 Å². The first-order valence-electron chi connectivity index (χ1n) is 12.4. The van der Waals surface area contributed by atoms with Crippen LogP contribution in [0, 0.1) is 35.0 Å². The lowest BCUT2D eigenvalue weighted by Gasteiger charge is -2.36. The lowest BCUT2D eigenvalue weighted by molar-refractivity contribution is -0.155. The van der Waals surface area contributed by atoms with Gasteiger partial charge in [0.1, 0.15) is 18.4 Å². The molecule has 184 valence electrons. The number of oxime groups is 1. The van der Waals surface area contributed by atoms with E-state index < -0.39 is 5.60 Å². The van der Waals surface area contributed by atoms with Gasteiger partial charge in [0, 0.05) is 25.0 Å². The smallest absolute Gasteiger partial charge is 0.307 e. The minimum atomic E-state index is -0.511. The van der Waals surface area contributed by atoms with Crippen molar-refractivity contribution in [3.05, 3.63) is 0 Å². The third-order valence-electron chi connectivity index (χ3n) is 5.43. The van der Waals surface area contributed by atoms with Crippen molar-refractivity contribution in [3.8, 4) is 11.8 Å². The van der Waals surface area contributed by atoms with Crippen LogP contribution in [0.25, 0.3) is 0 Å². The Labute approximate surface area is 197 Å². The van der Waals surface area contributed by atoms with E-state index in [4.69, 9.17) is 14.3 Å².